The molecule has 3 aliphatic rings. The molecule has 7 atom stereocenters. The fourth-order valence-electron chi connectivity index (χ4n) is 10.0. The minimum Gasteiger partial charge on any atom is -0.491 e. The van der Waals surface area contributed by atoms with E-state index in [0.29, 0.717) is 41.1 Å². The highest BCUT2D eigenvalue weighted by Gasteiger charge is 2.75. The fourth-order valence-corrected chi connectivity index (χ4v) is 10.0. The molecule has 2 fully saturated rings. The number of nitrogens with one attached hydrogen (secondary N) is 1. The number of fused-ring (bicyclic) bond motifs is 3. The van der Waals surface area contributed by atoms with E-state index in [1.807, 2.05) is 103 Å². The molecule has 4 amide bonds. The molecule has 8 rings (SSSR count). The molecule has 4 N–H and O–H groups in total. The first kappa shape index (κ1) is 46.2. The first-order chi connectivity index (χ1) is 32.4. The van der Waals surface area contributed by atoms with Crippen molar-refractivity contribution in [3.05, 3.63) is 167 Å². The highest BCUT2D eigenvalue weighted by Crippen LogP contribution is 2.66. The lowest BCUT2D eigenvalue weighted by molar-refractivity contribution is -0.178. The molecule has 0 saturated carbocycles. The Kier molecular flexibility index (Phi) is 13.6. The highest BCUT2D eigenvalue weighted by molar-refractivity contribution is 6.25. The lowest BCUT2D eigenvalue weighted by atomic mass is 9.65. The SMILES string of the molecule is COC(=O)C(NC(=O)N1C(=O)C2(c3cc(C#CCN(C)Cc4ccccc4)ccc31)C(C(N)=O)C1C(=O)OC(c3ccccc3)C(c3ccccc3)N1C2c1cccc(OCCO)c1)C(C)C. The third kappa shape index (κ3) is 8.65. The second-order valence-electron chi connectivity index (χ2n) is 17.3. The minimum atomic E-state index is -2.11. The Morgan fingerprint density at radius 1 is 0.866 bits per heavy atom. The molecular weight excluding hydrogens is 851 g/mol. The van der Waals surface area contributed by atoms with Gasteiger partial charge in [0.1, 0.15) is 36.0 Å². The van der Waals surface area contributed by atoms with Crippen LogP contribution in [0.1, 0.15) is 65.4 Å². The number of primary amides is 1. The molecule has 3 heterocycles. The summed E-state index contributed by atoms with van der Waals surface area (Å²) in [5.74, 6) is 1.37. The summed E-state index contributed by atoms with van der Waals surface area (Å²) in [6, 6.07) is 34.8. The van der Waals surface area contributed by atoms with Gasteiger partial charge < -0.3 is 30.4 Å². The van der Waals surface area contributed by atoms with Crippen LogP contribution in [-0.2, 0) is 40.6 Å². The van der Waals surface area contributed by atoms with Crippen molar-refractivity contribution in [2.45, 2.75) is 56.1 Å². The molecule has 0 aliphatic carbocycles. The third-order valence-corrected chi connectivity index (χ3v) is 12.8. The first-order valence-corrected chi connectivity index (χ1v) is 22.2. The van der Waals surface area contributed by atoms with Crippen LogP contribution in [0.5, 0.6) is 5.75 Å². The molecule has 7 unspecified atom stereocenters. The monoisotopic (exact) mass is 903 g/mol. The molecular formula is C53H53N5O9. The average molecular weight is 904 g/mol. The Morgan fingerprint density at radius 2 is 1.52 bits per heavy atom. The number of aliphatic hydroxyl groups excluding tert-OH is 1. The Labute approximate surface area is 389 Å². The van der Waals surface area contributed by atoms with Gasteiger partial charge in [0, 0.05) is 12.1 Å². The van der Waals surface area contributed by atoms with Crippen molar-refractivity contribution in [1.29, 1.82) is 0 Å². The maximum Gasteiger partial charge on any atom is 0.329 e. The molecule has 0 bridgehead atoms. The number of methoxy groups -OCH3 is 1. The van der Waals surface area contributed by atoms with Crippen LogP contribution in [0.25, 0.3) is 0 Å². The van der Waals surface area contributed by atoms with Crippen LogP contribution >= 0.6 is 0 Å². The van der Waals surface area contributed by atoms with Crippen LogP contribution in [0.2, 0.25) is 0 Å². The van der Waals surface area contributed by atoms with Crippen molar-refractivity contribution in [3.63, 3.8) is 0 Å². The van der Waals surface area contributed by atoms with E-state index >= 15 is 9.59 Å². The van der Waals surface area contributed by atoms with Gasteiger partial charge in [-0.3, -0.25) is 24.2 Å². The maximum absolute atomic E-state index is 16.3. The number of ether oxygens (including phenoxy) is 3. The van der Waals surface area contributed by atoms with Gasteiger partial charge in [-0.15, -0.1) is 0 Å². The maximum atomic E-state index is 16.3. The zero-order valence-electron chi connectivity index (χ0n) is 37.7. The van der Waals surface area contributed by atoms with Crippen LogP contribution in [0.3, 0.4) is 0 Å². The predicted molar refractivity (Wildman–Crippen MR) is 249 cm³/mol. The lowest BCUT2D eigenvalue weighted by Crippen LogP contribution is -2.57. The number of carbonyl (C=O) groups is 5. The van der Waals surface area contributed by atoms with Gasteiger partial charge in [-0.1, -0.05) is 129 Å². The molecule has 5 aromatic rings. The number of nitrogens with two attached hydrogens (primary N) is 1. The first-order valence-electron chi connectivity index (χ1n) is 22.2. The number of urea groups is 1. The largest absolute Gasteiger partial charge is 0.491 e. The number of morpholine rings is 1. The number of rotatable bonds is 13. The van der Waals surface area contributed by atoms with E-state index in [9.17, 15) is 19.5 Å². The summed E-state index contributed by atoms with van der Waals surface area (Å²) in [6.45, 7) is 4.16. The smallest absolute Gasteiger partial charge is 0.329 e. The van der Waals surface area contributed by atoms with E-state index in [-0.39, 0.29) is 24.5 Å². The number of imide groups is 1. The van der Waals surface area contributed by atoms with Crippen molar-refractivity contribution in [2.24, 2.45) is 17.6 Å². The zero-order chi connectivity index (χ0) is 47.4. The molecule has 14 heteroatoms. The van der Waals surface area contributed by atoms with Crippen molar-refractivity contribution in [1.82, 2.24) is 15.1 Å². The predicted octanol–water partition coefficient (Wildman–Crippen LogP) is 5.60. The van der Waals surface area contributed by atoms with Crippen LogP contribution in [-0.4, -0.2) is 90.7 Å². The number of nitrogens with zero attached hydrogens (tertiary/aromatic N) is 3. The van der Waals surface area contributed by atoms with Crippen molar-refractivity contribution in [2.75, 3.05) is 38.8 Å². The summed E-state index contributed by atoms with van der Waals surface area (Å²) in [6.07, 6.45) is -0.945. The van der Waals surface area contributed by atoms with E-state index < -0.39 is 77.3 Å². The quantitative estimate of drug-likeness (QED) is 0.0989. The molecule has 67 heavy (non-hydrogen) atoms. The summed E-state index contributed by atoms with van der Waals surface area (Å²) in [5.41, 5.74) is 8.14. The Balaban J connectivity index is 1.38. The molecule has 5 aromatic carbocycles. The number of cyclic esters (lactones) is 1. The molecule has 1 spiro atoms. The van der Waals surface area contributed by atoms with E-state index in [4.69, 9.17) is 19.9 Å². The summed E-state index contributed by atoms with van der Waals surface area (Å²) < 4.78 is 17.4. The number of carbonyl (C=O) groups excluding carboxylic acids is 5. The second kappa shape index (κ2) is 19.7. The number of esters is 2. The lowest BCUT2D eigenvalue weighted by Gasteiger charge is -2.46. The number of hydrogen-bond acceptors (Lipinski definition) is 11. The van der Waals surface area contributed by atoms with E-state index in [0.717, 1.165) is 10.5 Å². The number of aliphatic hydroxyl groups is 1. The Hall–Kier alpha value is -7.31. The van der Waals surface area contributed by atoms with Gasteiger partial charge >= 0.3 is 18.0 Å². The van der Waals surface area contributed by atoms with Gasteiger partial charge in [0.05, 0.1) is 44.0 Å². The summed E-state index contributed by atoms with van der Waals surface area (Å²) in [7, 11) is 3.16. The van der Waals surface area contributed by atoms with Crippen LogP contribution in [0, 0.1) is 23.7 Å². The topological polar surface area (TPSA) is 181 Å². The molecule has 14 nitrogen and oxygen atoms in total. The van der Waals surface area contributed by atoms with Gasteiger partial charge in [0.15, 0.2) is 0 Å². The normalized spacial score (nSPS) is 22.4. The number of amides is 4. The zero-order valence-corrected chi connectivity index (χ0v) is 37.7. The number of hydrogen-bond donors (Lipinski definition) is 3. The molecule has 0 radical (unpaired) electrons. The van der Waals surface area contributed by atoms with E-state index in [1.54, 1.807) is 56.3 Å². The standard InChI is InChI=1S/C53H53N5O9/c1-33(2)43(49(61)65-4)55-52(64)57-41-26-25-34(18-15-27-56(3)32-35-16-8-5-9-17-35)30-40(41)53(51(57)63)42(48(54)60)45-50(62)67-46(37-21-12-7-13-22-37)44(36-19-10-6-11-20-36)58(45)47(53)38-23-14-24-39(31-38)66-29-28-59/h5-14,16-17,19-26,30-31,33,42-47,59H,27-29,32H2,1-4H3,(H2,54,60)(H,55,64). The highest BCUT2D eigenvalue weighted by atomic mass is 16.6. The molecule has 2 saturated heterocycles. The van der Waals surface area contributed by atoms with Crippen molar-refractivity contribution >= 4 is 35.5 Å². The minimum absolute atomic E-state index is 0.0416. The van der Waals surface area contributed by atoms with Gasteiger partial charge in [-0.25, -0.2) is 14.5 Å². The summed E-state index contributed by atoms with van der Waals surface area (Å²) in [5, 5.41) is 12.5. The molecule has 344 valence electrons. The van der Waals surface area contributed by atoms with Gasteiger partial charge in [-0.2, -0.15) is 0 Å². The van der Waals surface area contributed by atoms with Gasteiger partial charge in [0.2, 0.25) is 11.8 Å². The number of anilines is 1. The van der Waals surface area contributed by atoms with E-state index in [2.05, 4.69) is 22.1 Å². The van der Waals surface area contributed by atoms with Crippen molar-refractivity contribution in [3.8, 4) is 17.6 Å². The second-order valence-corrected chi connectivity index (χ2v) is 17.3. The number of benzene rings is 5. The van der Waals surface area contributed by atoms with Crippen molar-refractivity contribution < 1.29 is 43.3 Å². The Bertz CT molecular complexity index is 2710. The molecule has 3 aliphatic heterocycles. The molecule has 0 aromatic heterocycles. The van der Waals surface area contributed by atoms with E-state index in [1.165, 1.54) is 7.11 Å². The summed E-state index contributed by atoms with van der Waals surface area (Å²) in [4.78, 5) is 78.7. The third-order valence-electron chi connectivity index (χ3n) is 12.8. The van der Waals surface area contributed by atoms with Gasteiger partial charge in [0.25, 0.3) is 0 Å². The van der Waals surface area contributed by atoms with Gasteiger partial charge in [-0.05, 0) is 71.1 Å². The Morgan fingerprint density at radius 3 is 2.16 bits per heavy atom. The van der Waals surface area contributed by atoms with Crippen LogP contribution < -0.4 is 20.7 Å². The summed E-state index contributed by atoms with van der Waals surface area (Å²) >= 11 is 0. The average Bonchev–Trinajstić information content (AvgIpc) is 3.79. The fraction of sp³-hybridized carbons (Fsp3) is 0.302. The van der Waals surface area contributed by atoms with Crippen LogP contribution in [0.4, 0.5) is 10.5 Å². The van der Waals surface area contributed by atoms with Crippen LogP contribution in [0.15, 0.2) is 133 Å².